The fraction of sp³-hybridized carbons (Fsp3) is 0.417. The van der Waals surface area contributed by atoms with E-state index >= 15 is 0 Å². The molecule has 2 aromatic heterocycles. The number of rotatable bonds is 4. The summed E-state index contributed by atoms with van der Waals surface area (Å²) in [5.74, 6) is 0.482. The quantitative estimate of drug-likeness (QED) is 0.898. The monoisotopic (exact) mass is 314 g/mol. The molecule has 0 atom stereocenters. The maximum atomic E-state index is 12.3. The highest BCUT2D eigenvalue weighted by atomic mass is 32.2. The lowest BCUT2D eigenvalue weighted by Crippen LogP contribution is -2.13. The minimum absolute atomic E-state index is 0.0388. The van der Waals surface area contributed by atoms with Crippen LogP contribution in [0.15, 0.2) is 15.4 Å². The first-order valence-corrected chi connectivity index (χ1v) is 8.51. The fourth-order valence-electron chi connectivity index (χ4n) is 2.27. The Hall–Kier alpha value is -1.38. The molecule has 2 N–H and O–H groups in total. The summed E-state index contributed by atoms with van der Waals surface area (Å²) in [4.78, 5) is 5.50. The molecule has 1 aliphatic carbocycles. The summed E-state index contributed by atoms with van der Waals surface area (Å²) < 4.78 is 32.2. The molecule has 8 heteroatoms. The Balaban J connectivity index is 1.89. The first-order valence-electron chi connectivity index (χ1n) is 6.21. The van der Waals surface area contributed by atoms with Gasteiger partial charge in [0.1, 0.15) is 23.0 Å². The average molecular weight is 314 g/mol. The van der Waals surface area contributed by atoms with Gasteiger partial charge in [-0.05, 0) is 26.2 Å². The van der Waals surface area contributed by atoms with Gasteiger partial charge in [0, 0.05) is 10.9 Å². The molecular formula is C12H14N2O4S2. The van der Waals surface area contributed by atoms with E-state index < -0.39 is 10.0 Å². The standard InChI is InChI=1S/C12H14N2O4S2/c1-7-11(5-8(6-15)18-7)20(16,17)14-12-13-9-3-2-4-10(9)19-12/h5,15H,2-4,6H2,1H3,(H,13,14). The highest BCUT2D eigenvalue weighted by Gasteiger charge is 2.24. The van der Waals surface area contributed by atoms with Gasteiger partial charge in [-0.1, -0.05) is 0 Å². The summed E-state index contributed by atoms with van der Waals surface area (Å²) in [6.45, 7) is 1.22. The third-order valence-corrected chi connectivity index (χ3v) is 5.83. The number of nitrogens with zero attached hydrogens (tertiary/aromatic N) is 1. The van der Waals surface area contributed by atoms with Gasteiger partial charge >= 0.3 is 0 Å². The summed E-state index contributed by atoms with van der Waals surface area (Å²) in [5, 5.41) is 9.38. The van der Waals surface area contributed by atoms with E-state index in [0.717, 1.165) is 29.8 Å². The molecule has 1 aliphatic rings. The molecule has 0 fully saturated rings. The zero-order valence-corrected chi connectivity index (χ0v) is 12.5. The van der Waals surface area contributed by atoms with E-state index in [2.05, 4.69) is 9.71 Å². The maximum Gasteiger partial charge on any atom is 0.267 e. The van der Waals surface area contributed by atoms with Crippen molar-refractivity contribution in [3.8, 4) is 0 Å². The van der Waals surface area contributed by atoms with Crippen molar-refractivity contribution in [2.45, 2.75) is 37.7 Å². The molecule has 0 radical (unpaired) electrons. The van der Waals surface area contributed by atoms with Gasteiger partial charge in [0.15, 0.2) is 5.13 Å². The van der Waals surface area contributed by atoms with Crippen LogP contribution in [0.4, 0.5) is 5.13 Å². The second kappa shape index (κ2) is 4.87. The number of aliphatic hydroxyl groups excluding tert-OH is 1. The number of hydrogen-bond acceptors (Lipinski definition) is 6. The minimum Gasteiger partial charge on any atom is -0.462 e. The van der Waals surface area contributed by atoms with Gasteiger partial charge in [-0.3, -0.25) is 4.72 Å². The summed E-state index contributed by atoms with van der Waals surface area (Å²) in [6.07, 6.45) is 2.96. The average Bonchev–Trinajstić information content (AvgIpc) is 3.02. The SMILES string of the molecule is Cc1oc(CO)cc1S(=O)(=O)Nc1nc2c(s1)CCC2. The lowest BCUT2D eigenvalue weighted by atomic mass is 10.4. The van der Waals surface area contributed by atoms with Gasteiger partial charge in [0.05, 0.1) is 5.69 Å². The van der Waals surface area contributed by atoms with Gasteiger partial charge in [-0.25, -0.2) is 13.4 Å². The summed E-state index contributed by atoms with van der Waals surface area (Å²) in [7, 11) is -3.73. The maximum absolute atomic E-state index is 12.3. The molecule has 108 valence electrons. The number of hydrogen-bond donors (Lipinski definition) is 2. The molecule has 0 saturated carbocycles. The number of furan rings is 1. The molecular weight excluding hydrogens is 300 g/mol. The number of anilines is 1. The lowest BCUT2D eigenvalue weighted by Gasteiger charge is -2.03. The Labute approximate surface area is 120 Å². The third-order valence-electron chi connectivity index (χ3n) is 3.19. The van der Waals surface area contributed by atoms with Crippen LogP contribution in [0, 0.1) is 6.92 Å². The van der Waals surface area contributed by atoms with E-state index in [1.54, 1.807) is 6.92 Å². The molecule has 0 spiro atoms. The molecule has 0 bridgehead atoms. The highest BCUT2D eigenvalue weighted by Crippen LogP contribution is 2.32. The minimum atomic E-state index is -3.73. The van der Waals surface area contributed by atoms with Crippen LogP contribution >= 0.6 is 11.3 Å². The molecule has 0 amide bonds. The molecule has 2 aromatic rings. The van der Waals surface area contributed by atoms with Gasteiger partial charge in [0.25, 0.3) is 10.0 Å². The molecule has 20 heavy (non-hydrogen) atoms. The second-order valence-electron chi connectivity index (χ2n) is 4.64. The van der Waals surface area contributed by atoms with Crippen molar-refractivity contribution in [2.24, 2.45) is 0 Å². The largest absolute Gasteiger partial charge is 0.462 e. The van der Waals surface area contributed by atoms with Crippen LogP contribution in [0.25, 0.3) is 0 Å². The Morgan fingerprint density at radius 2 is 2.30 bits per heavy atom. The number of aliphatic hydroxyl groups is 1. The number of nitrogens with one attached hydrogen (secondary N) is 1. The Morgan fingerprint density at radius 1 is 1.50 bits per heavy atom. The van der Waals surface area contributed by atoms with Crippen LogP contribution in [0.1, 0.15) is 28.5 Å². The number of sulfonamides is 1. The van der Waals surface area contributed by atoms with Crippen LogP contribution < -0.4 is 4.72 Å². The molecule has 0 unspecified atom stereocenters. The zero-order valence-electron chi connectivity index (χ0n) is 10.8. The van der Waals surface area contributed by atoms with Crippen LogP contribution in [-0.2, 0) is 29.5 Å². The lowest BCUT2D eigenvalue weighted by molar-refractivity contribution is 0.245. The predicted octanol–water partition coefficient (Wildman–Crippen LogP) is 1.83. The molecule has 0 saturated heterocycles. The predicted molar refractivity (Wildman–Crippen MR) is 74.3 cm³/mol. The topological polar surface area (TPSA) is 92.4 Å². The summed E-state index contributed by atoms with van der Waals surface area (Å²) in [5.41, 5.74) is 0.993. The van der Waals surface area contributed by atoms with Crippen LogP contribution in [0.3, 0.4) is 0 Å². The van der Waals surface area contributed by atoms with Gasteiger partial charge < -0.3 is 9.52 Å². The van der Waals surface area contributed by atoms with E-state index in [0.29, 0.717) is 5.13 Å². The van der Waals surface area contributed by atoms with Gasteiger partial charge in [-0.15, -0.1) is 11.3 Å². The number of fused-ring (bicyclic) bond motifs is 1. The smallest absolute Gasteiger partial charge is 0.267 e. The molecule has 6 nitrogen and oxygen atoms in total. The van der Waals surface area contributed by atoms with E-state index in [1.165, 1.54) is 17.4 Å². The summed E-state index contributed by atoms with van der Waals surface area (Å²) >= 11 is 1.38. The fourth-order valence-corrected chi connectivity index (χ4v) is 4.76. The van der Waals surface area contributed by atoms with Crippen molar-refractivity contribution < 1.29 is 17.9 Å². The third kappa shape index (κ3) is 2.34. The van der Waals surface area contributed by atoms with Crippen molar-refractivity contribution in [1.82, 2.24) is 4.98 Å². The highest BCUT2D eigenvalue weighted by molar-refractivity contribution is 7.93. The van der Waals surface area contributed by atoms with E-state index in [9.17, 15) is 8.42 Å². The molecule has 0 aromatic carbocycles. The number of aromatic nitrogens is 1. The molecule has 2 heterocycles. The van der Waals surface area contributed by atoms with E-state index in [-0.39, 0.29) is 23.0 Å². The number of thiazole rings is 1. The van der Waals surface area contributed by atoms with Crippen molar-refractivity contribution in [3.63, 3.8) is 0 Å². The van der Waals surface area contributed by atoms with Gasteiger partial charge in [0.2, 0.25) is 0 Å². The normalized spacial score (nSPS) is 14.5. The Kier molecular flexibility index (Phi) is 3.31. The number of aryl methyl sites for hydroxylation is 3. The molecule has 0 aliphatic heterocycles. The van der Waals surface area contributed by atoms with Crippen molar-refractivity contribution in [2.75, 3.05) is 4.72 Å². The Bertz CT molecular complexity index is 724. The zero-order chi connectivity index (χ0) is 14.3. The van der Waals surface area contributed by atoms with Crippen LogP contribution in [0.2, 0.25) is 0 Å². The summed E-state index contributed by atoms with van der Waals surface area (Å²) in [6, 6.07) is 1.33. The van der Waals surface area contributed by atoms with Gasteiger partial charge in [-0.2, -0.15) is 0 Å². The van der Waals surface area contributed by atoms with Crippen LogP contribution in [0.5, 0.6) is 0 Å². The van der Waals surface area contributed by atoms with Crippen molar-refractivity contribution in [3.05, 3.63) is 28.2 Å². The molecule has 3 rings (SSSR count). The Morgan fingerprint density at radius 3 is 2.95 bits per heavy atom. The van der Waals surface area contributed by atoms with Crippen molar-refractivity contribution >= 4 is 26.5 Å². The van der Waals surface area contributed by atoms with E-state index in [4.69, 9.17) is 9.52 Å². The first kappa shape index (κ1) is 13.6. The van der Waals surface area contributed by atoms with Crippen LogP contribution in [-0.4, -0.2) is 18.5 Å². The van der Waals surface area contributed by atoms with Crippen molar-refractivity contribution in [1.29, 1.82) is 0 Å². The first-order chi connectivity index (χ1) is 9.49. The van der Waals surface area contributed by atoms with E-state index in [1.807, 2.05) is 0 Å². The second-order valence-corrected chi connectivity index (χ2v) is 7.37.